The molecule has 1 aliphatic carbocycles. The van der Waals surface area contributed by atoms with Crippen LogP contribution in [0.15, 0.2) is 71.6 Å². The summed E-state index contributed by atoms with van der Waals surface area (Å²) in [5.41, 5.74) is 3.83. The van der Waals surface area contributed by atoms with Crippen molar-refractivity contribution in [2.45, 2.75) is 89.7 Å². The average Bonchev–Trinajstić information content (AvgIpc) is 2.98. The van der Waals surface area contributed by atoms with Crippen LogP contribution in [-0.2, 0) is 26.2 Å². The third-order valence-electron chi connectivity index (χ3n) is 8.13. The van der Waals surface area contributed by atoms with E-state index in [0.29, 0.717) is 22.7 Å². The number of benzene rings is 3. The van der Waals surface area contributed by atoms with Crippen LogP contribution in [0.4, 0.5) is 5.69 Å². The second-order valence-corrected chi connectivity index (χ2v) is 13.8. The highest BCUT2D eigenvalue weighted by Crippen LogP contribution is 2.30. The highest BCUT2D eigenvalue weighted by atomic mass is 35.5. The lowest BCUT2D eigenvalue weighted by atomic mass is 9.95. The minimum absolute atomic E-state index is 0.0763. The number of sulfonamides is 1. The van der Waals surface area contributed by atoms with Crippen LogP contribution < -0.4 is 9.62 Å². The smallest absolute Gasteiger partial charge is 0.264 e. The Labute approximate surface area is 261 Å². The minimum Gasteiger partial charge on any atom is -0.352 e. The van der Waals surface area contributed by atoms with Crippen molar-refractivity contribution in [3.63, 3.8) is 0 Å². The maximum Gasteiger partial charge on any atom is 0.264 e. The van der Waals surface area contributed by atoms with Crippen LogP contribution in [0.2, 0.25) is 5.02 Å². The van der Waals surface area contributed by atoms with Gasteiger partial charge in [-0.1, -0.05) is 85.3 Å². The third kappa shape index (κ3) is 8.18. The van der Waals surface area contributed by atoms with E-state index in [4.69, 9.17) is 11.6 Å². The van der Waals surface area contributed by atoms with Crippen LogP contribution in [0.5, 0.6) is 0 Å². The fourth-order valence-corrected chi connectivity index (χ4v) is 7.31. The first-order chi connectivity index (χ1) is 20.5. The number of nitrogens with one attached hydrogen (secondary N) is 1. The lowest BCUT2D eigenvalue weighted by molar-refractivity contribution is -0.140. The Balaban J connectivity index is 1.72. The quantitative estimate of drug-likeness (QED) is 0.257. The molecule has 1 N–H and O–H groups in total. The maximum absolute atomic E-state index is 14.3. The van der Waals surface area contributed by atoms with E-state index in [-0.39, 0.29) is 23.4 Å². The molecule has 1 saturated carbocycles. The maximum atomic E-state index is 14.3. The number of halogens is 1. The third-order valence-corrected chi connectivity index (χ3v) is 10.1. The van der Waals surface area contributed by atoms with E-state index < -0.39 is 28.5 Å². The molecule has 3 aromatic rings. The molecule has 7 nitrogen and oxygen atoms in total. The van der Waals surface area contributed by atoms with Crippen molar-refractivity contribution < 1.29 is 18.0 Å². The van der Waals surface area contributed by atoms with Gasteiger partial charge in [-0.25, -0.2) is 8.42 Å². The molecule has 0 radical (unpaired) electrons. The SMILES string of the molecule is CC[C@@H](C(=O)NC1CCCCC1)N(Cc1ccc(C)cc1)C(=O)CN(c1ccc(Cl)cc1C)S(=O)(=O)c1ccc(C)cc1. The number of anilines is 1. The fraction of sp³-hybridized carbons (Fsp3) is 0.412. The second-order valence-electron chi connectivity index (χ2n) is 11.5. The Kier molecular flexibility index (Phi) is 10.9. The Bertz CT molecular complexity index is 1520. The van der Waals surface area contributed by atoms with Crippen molar-refractivity contribution >= 4 is 39.1 Å². The first kappa shape index (κ1) is 32.6. The van der Waals surface area contributed by atoms with E-state index >= 15 is 0 Å². The Morgan fingerprint density at radius 3 is 2.09 bits per heavy atom. The number of rotatable bonds is 11. The molecule has 0 heterocycles. The van der Waals surface area contributed by atoms with E-state index in [1.54, 1.807) is 49.4 Å². The number of amides is 2. The number of hydrogen-bond acceptors (Lipinski definition) is 4. The van der Waals surface area contributed by atoms with Crippen molar-refractivity contribution in [3.05, 3.63) is 94.0 Å². The Morgan fingerprint density at radius 2 is 1.51 bits per heavy atom. The minimum atomic E-state index is -4.15. The Morgan fingerprint density at radius 1 is 0.907 bits per heavy atom. The predicted octanol–water partition coefficient (Wildman–Crippen LogP) is 6.72. The normalized spacial score (nSPS) is 14.6. The zero-order chi connectivity index (χ0) is 31.1. The molecule has 1 fully saturated rings. The molecule has 0 bridgehead atoms. The highest BCUT2D eigenvalue weighted by Gasteiger charge is 2.35. The van der Waals surface area contributed by atoms with Gasteiger partial charge < -0.3 is 10.2 Å². The second kappa shape index (κ2) is 14.4. The van der Waals surface area contributed by atoms with Gasteiger partial charge in [0.2, 0.25) is 11.8 Å². The van der Waals surface area contributed by atoms with Gasteiger partial charge in [-0.15, -0.1) is 0 Å². The van der Waals surface area contributed by atoms with Gasteiger partial charge in [0.05, 0.1) is 10.6 Å². The van der Waals surface area contributed by atoms with E-state index in [1.165, 1.54) is 4.90 Å². The molecule has 2 amide bonds. The van der Waals surface area contributed by atoms with Crippen molar-refractivity contribution in [2.24, 2.45) is 0 Å². The van der Waals surface area contributed by atoms with Crippen LogP contribution >= 0.6 is 11.6 Å². The molecule has 1 aliphatic rings. The molecule has 0 aromatic heterocycles. The van der Waals surface area contributed by atoms with E-state index in [9.17, 15) is 18.0 Å². The van der Waals surface area contributed by atoms with Gasteiger partial charge in [0, 0.05) is 17.6 Å². The van der Waals surface area contributed by atoms with Gasteiger partial charge in [0.25, 0.3) is 10.0 Å². The summed E-state index contributed by atoms with van der Waals surface area (Å²) >= 11 is 6.22. The molecule has 9 heteroatoms. The van der Waals surface area contributed by atoms with Crippen molar-refractivity contribution in [1.82, 2.24) is 10.2 Å². The van der Waals surface area contributed by atoms with Crippen molar-refractivity contribution in [3.8, 4) is 0 Å². The lowest BCUT2D eigenvalue weighted by Gasteiger charge is -2.34. The summed E-state index contributed by atoms with van der Waals surface area (Å²) in [4.78, 5) is 29.6. The molecule has 1 atom stereocenters. The number of carbonyl (C=O) groups is 2. The van der Waals surface area contributed by atoms with Gasteiger partial charge in [-0.05, 0) is 81.5 Å². The topological polar surface area (TPSA) is 86.8 Å². The zero-order valence-electron chi connectivity index (χ0n) is 25.5. The molecule has 0 unspecified atom stereocenters. The molecular formula is C34H42ClN3O4S. The van der Waals surface area contributed by atoms with Crippen LogP contribution in [-0.4, -0.2) is 43.8 Å². The number of nitrogens with zero attached hydrogens (tertiary/aromatic N) is 2. The molecule has 0 spiro atoms. The average molecular weight is 624 g/mol. The first-order valence-corrected chi connectivity index (χ1v) is 16.8. The standard InChI is InChI=1S/C34H42ClN3O4S/c1-5-31(34(40)36-29-9-7-6-8-10-29)37(22-27-15-11-24(2)12-16-27)33(39)23-38(32-20-17-28(35)21-26(32)4)43(41,42)30-18-13-25(3)14-19-30/h11-21,29,31H,5-10,22-23H2,1-4H3,(H,36,40)/t31-/m0/s1. The number of carbonyl (C=O) groups excluding carboxylic acids is 2. The fourth-order valence-electron chi connectivity index (χ4n) is 5.60. The summed E-state index contributed by atoms with van der Waals surface area (Å²) in [7, 11) is -4.15. The molecule has 3 aromatic carbocycles. The molecule has 43 heavy (non-hydrogen) atoms. The van der Waals surface area contributed by atoms with Gasteiger partial charge in [-0.2, -0.15) is 0 Å². The van der Waals surface area contributed by atoms with Crippen LogP contribution in [0.1, 0.15) is 67.7 Å². The highest BCUT2D eigenvalue weighted by molar-refractivity contribution is 7.92. The largest absolute Gasteiger partial charge is 0.352 e. The summed E-state index contributed by atoms with van der Waals surface area (Å²) in [6.07, 6.45) is 5.54. The van der Waals surface area contributed by atoms with Crippen molar-refractivity contribution in [1.29, 1.82) is 0 Å². The molecule has 0 aliphatic heterocycles. The van der Waals surface area contributed by atoms with Gasteiger partial charge >= 0.3 is 0 Å². The van der Waals surface area contributed by atoms with E-state index in [1.807, 2.05) is 45.0 Å². The molecular weight excluding hydrogens is 582 g/mol. The van der Waals surface area contributed by atoms with E-state index in [2.05, 4.69) is 5.32 Å². The predicted molar refractivity (Wildman–Crippen MR) is 173 cm³/mol. The monoisotopic (exact) mass is 623 g/mol. The summed E-state index contributed by atoms with van der Waals surface area (Å²) in [6.45, 7) is 7.21. The van der Waals surface area contributed by atoms with Gasteiger partial charge in [0.15, 0.2) is 0 Å². The summed E-state index contributed by atoms with van der Waals surface area (Å²) < 4.78 is 29.4. The number of aryl methyl sites for hydroxylation is 3. The zero-order valence-corrected chi connectivity index (χ0v) is 27.0. The van der Waals surface area contributed by atoms with Gasteiger partial charge in [0.1, 0.15) is 12.6 Å². The van der Waals surface area contributed by atoms with Gasteiger partial charge in [-0.3, -0.25) is 13.9 Å². The van der Waals surface area contributed by atoms with Crippen LogP contribution in [0.25, 0.3) is 0 Å². The van der Waals surface area contributed by atoms with Crippen molar-refractivity contribution in [2.75, 3.05) is 10.8 Å². The Hall–Kier alpha value is -3.36. The molecule has 4 rings (SSSR count). The van der Waals surface area contributed by atoms with E-state index in [0.717, 1.165) is 53.1 Å². The molecule has 0 saturated heterocycles. The summed E-state index contributed by atoms with van der Waals surface area (Å²) in [5, 5.41) is 3.65. The molecule has 230 valence electrons. The van der Waals surface area contributed by atoms with Crippen LogP contribution in [0, 0.1) is 20.8 Å². The lowest BCUT2D eigenvalue weighted by Crippen LogP contribution is -2.54. The summed E-state index contributed by atoms with van der Waals surface area (Å²) in [5.74, 6) is -0.665. The number of hydrogen-bond donors (Lipinski definition) is 1. The van der Waals surface area contributed by atoms with Crippen LogP contribution in [0.3, 0.4) is 0 Å². The summed E-state index contributed by atoms with van der Waals surface area (Å²) in [6, 6.07) is 18.6. The first-order valence-electron chi connectivity index (χ1n) is 15.0.